The Kier molecular flexibility index (Phi) is 6.92. The van der Waals surface area contributed by atoms with Gasteiger partial charge in [-0.1, -0.05) is 48.5 Å². The highest BCUT2D eigenvalue weighted by Gasteiger charge is 2.25. The van der Waals surface area contributed by atoms with Crippen LogP contribution in [-0.2, 0) is 6.42 Å². The lowest BCUT2D eigenvalue weighted by Crippen LogP contribution is -2.53. The standard InChI is InChI=1S/C26H31N5O/c27-24-12-6-4-8-20(24)18-22(19-29-25-13-7-5-11-23(25)26(28)32)31-16-14-30(15-17-31)21-9-2-1-3-10-21/h1-13,22,29H,14-19,27H2,(H2,28,32). The van der Waals surface area contributed by atoms with Crippen molar-refractivity contribution < 1.29 is 4.79 Å². The van der Waals surface area contributed by atoms with E-state index in [4.69, 9.17) is 11.5 Å². The van der Waals surface area contributed by atoms with E-state index in [2.05, 4.69) is 51.5 Å². The van der Waals surface area contributed by atoms with Gasteiger partial charge in [-0.15, -0.1) is 0 Å². The molecule has 1 aliphatic rings. The van der Waals surface area contributed by atoms with Crippen LogP contribution in [0.3, 0.4) is 0 Å². The molecule has 1 unspecified atom stereocenters. The van der Waals surface area contributed by atoms with E-state index in [9.17, 15) is 4.79 Å². The lowest BCUT2D eigenvalue weighted by atomic mass is 10.0. The predicted octanol–water partition coefficient (Wildman–Crippen LogP) is 3.21. The second-order valence-corrected chi connectivity index (χ2v) is 8.21. The van der Waals surface area contributed by atoms with Crippen molar-refractivity contribution in [1.82, 2.24) is 4.90 Å². The Morgan fingerprint density at radius 1 is 0.875 bits per heavy atom. The van der Waals surface area contributed by atoms with E-state index < -0.39 is 5.91 Å². The van der Waals surface area contributed by atoms with E-state index in [1.807, 2.05) is 36.4 Å². The second kappa shape index (κ2) is 10.2. The number of anilines is 3. The van der Waals surface area contributed by atoms with Gasteiger partial charge in [-0.3, -0.25) is 9.69 Å². The fourth-order valence-electron chi connectivity index (χ4n) is 4.37. The fraction of sp³-hybridized carbons (Fsp3) is 0.269. The molecule has 3 aromatic carbocycles. The number of carbonyl (C=O) groups excluding carboxylic acids is 1. The monoisotopic (exact) mass is 429 g/mol. The zero-order chi connectivity index (χ0) is 22.3. The van der Waals surface area contributed by atoms with Crippen molar-refractivity contribution in [3.8, 4) is 0 Å². The number of nitrogen functional groups attached to an aromatic ring is 1. The highest BCUT2D eigenvalue weighted by atomic mass is 16.1. The van der Waals surface area contributed by atoms with Gasteiger partial charge in [0.05, 0.1) is 5.56 Å². The molecule has 32 heavy (non-hydrogen) atoms. The molecule has 0 saturated carbocycles. The van der Waals surface area contributed by atoms with Gasteiger partial charge in [0.1, 0.15) is 0 Å². The molecule has 1 amide bonds. The van der Waals surface area contributed by atoms with Crippen molar-refractivity contribution >= 4 is 23.0 Å². The molecule has 3 aromatic rings. The van der Waals surface area contributed by atoms with Gasteiger partial charge in [0.15, 0.2) is 0 Å². The molecule has 0 aromatic heterocycles. The predicted molar refractivity (Wildman–Crippen MR) is 132 cm³/mol. The van der Waals surface area contributed by atoms with E-state index in [-0.39, 0.29) is 6.04 Å². The quantitative estimate of drug-likeness (QED) is 0.479. The Labute approximate surface area is 189 Å². The van der Waals surface area contributed by atoms with Gasteiger partial charge >= 0.3 is 0 Å². The first kappa shape index (κ1) is 21.7. The number of carbonyl (C=O) groups is 1. The van der Waals surface area contributed by atoms with Crippen LogP contribution in [0.15, 0.2) is 78.9 Å². The average Bonchev–Trinajstić information content (AvgIpc) is 2.84. The van der Waals surface area contributed by atoms with Gasteiger partial charge < -0.3 is 21.7 Å². The molecule has 0 aliphatic carbocycles. The van der Waals surface area contributed by atoms with Crippen molar-refractivity contribution in [2.45, 2.75) is 12.5 Å². The highest BCUT2D eigenvalue weighted by Crippen LogP contribution is 2.21. The molecule has 6 heteroatoms. The van der Waals surface area contributed by atoms with Crippen molar-refractivity contribution in [2.75, 3.05) is 48.7 Å². The second-order valence-electron chi connectivity index (χ2n) is 8.21. The summed E-state index contributed by atoms with van der Waals surface area (Å²) in [6, 6.07) is 26.2. The summed E-state index contributed by atoms with van der Waals surface area (Å²) in [4.78, 5) is 16.8. The van der Waals surface area contributed by atoms with E-state index in [0.717, 1.165) is 49.5 Å². The topological polar surface area (TPSA) is 87.6 Å². The molecule has 5 N–H and O–H groups in total. The molecule has 0 bridgehead atoms. The van der Waals surface area contributed by atoms with Crippen molar-refractivity contribution in [2.24, 2.45) is 5.73 Å². The maximum Gasteiger partial charge on any atom is 0.250 e. The molecule has 6 nitrogen and oxygen atoms in total. The average molecular weight is 430 g/mol. The van der Waals surface area contributed by atoms with Crippen LogP contribution in [0.1, 0.15) is 15.9 Å². The first-order valence-electron chi connectivity index (χ1n) is 11.1. The third-order valence-electron chi connectivity index (χ3n) is 6.18. The van der Waals surface area contributed by atoms with Gasteiger partial charge in [-0.2, -0.15) is 0 Å². The SMILES string of the molecule is NC(=O)c1ccccc1NCC(Cc1ccccc1N)N1CCN(c2ccccc2)CC1. The van der Waals surface area contributed by atoms with Gasteiger partial charge in [-0.05, 0) is 42.3 Å². The Bertz CT molecular complexity index is 1030. The minimum Gasteiger partial charge on any atom is -0.399 e. The number of hydrogen-bond acceptors (Lipinski definition) is 5. The Morgan fingerprint density at radius 3 is 2.25 bits per heavy atom. The minimum atomic E-state index is -0.423. The molecular weight excluding hydrogens is 398 g/mol. The fourth-order valence-corrected chi connectivity index (χ4v) is 4.37. The van der Waals surface area contributed by atoms with Crippen LogP contribution < -0.4 is 21.7 Å². The van der Waals surface area contributed by atoms with Crippen LogP contribution >= 0.6 is 0 Å². The van der Waals surface area contributed by atoms with Gasteiger partial charge in [0.25, 0.3) is 5.91 Å². The summed E-state index contributed by atoms with van der Waals surface area (Å²) in [5, 5.41) is 3.48. The molecule has 0 spiro atoms. The lowest BCUT2D eigenvalue weighted by Gasteiger charge is -2.40. The minimum absolute atomic E-state index is 0.235. The number of para-hydroxylation sites is 3. The summed E-state index contributed by atoms with van der Waals surface area (Å²) in [7, 11) is 0. The highest BCUT2D eigenvalue weighted by molar-refractivity contribution is 5.98. The molecule has 1 fully saturated rings. The molecular formula is C26H31N5O. The van der Waals surface area contributed by atoms with Crippen LogP contribution in [-0.4, -0.2) is 49.6 Å². The summed E-state index contributed by atoms with van der Waals surface area (Å²) >= 11 is 0. The van der Waals surface area contributed by atoms with Crippen molar-refractivity contribution in [1.29, 1.82) is 0 Å². The number of nitrogens with one attached hydrogen (secondary N) is 1. The van der Waals surface area contributed by atoms with Gasteiger partial charge in [0.2, 0.25) is 0 Å². The summed E-state index contributed by atoms with van der Waals surface area (Å²) in [6.45, 7) is 4.58. The molecule has 166 valence electrons. The molecule has 1 aliphatic heterocycles. The normalized spacial score (nSPS) is 15.3. The van der Waals surface area contributed by atoms with Gasteiger partial charge in [0, 0.05) is 55.8 Å². The number of nitrogens with two attached hydrogens (primary N) is 2. The number of rotatable bonds is 8. The Morgan fingerprint density at radius 2 is 1.53 bits per heavy atom. The van der Waals surface area contributed by atoms with Crippen molar-refractivity contribution in [3.05, 3.63) is 90.0 Å². The zero-order valence-electron chi connectivity index (χ0n) is 18.3. The van der Waals surface area contributed by atoms with E-state index in [1.54, 1.807) is 6.07 Å². The zero-order valence-corrected chi connectivity index (χ0v) is 18.3. The third-order valence-corrected chi connectivity index (χ3v) is 6.18. The maximum absolute atomic E-state index is 11.8. The number of primary amides is 1. The Balaban J connectivity index is 1.48. The third kappa shape index (κ3) is 5.21. The van der Waals surface area contributed by atoms with E-state index in [1.165, 1.54) is 5.69 Å². The first-order valence-corrected chi connectivity index (χ1v) is 11.1. The summed E-state index contributed by atoms with van der Waals surface area (Å²) < 4.78 is 0. The lowest BCUT2D eigenvalue weighted by molar-refractivity contribution is 0.100. The maximum atomic E-state index is 11.8. The largest absolute Gasteiger partial charge is 0.399 e. The van der Waals surface area contributed by atoms with Crippen LogP contribution in [0.4, 0.5) is 17.1 Å². The van der Waals surface area contributed by atoms with Crippen molar-refractivity contribution in [3.63, 3.8) is 0 Å². The number of piperazine rings is 1. The van der Waals surface area contributed by atoms with E-state index in [0.29, 0.717) is 12.1 Å². The summed E-state index contributed by atoms with van der Waals surface area (Å²) in [5.41, 5.74) is 16.3. The number of amides is 1. The van der Waals surface area contributed by atoms with Crippen LogP contribution in [0, 0.1) is 0 Å². The smallest absolute Gasteiger partial charge is 0.250 e. The van der Waals surface area contributed by atoms with Crippen LogP contribution in [0.2, 0.25) is 0 Å². The first-order chi connectivity index (χ1) is 15.6. The van der Waals surface area contributed by atoms with E-state index >= 15 is 0 Å². The summed E-state index contributed by atoms with van der Waals surface area (Å²) in [5.74, 6) is -0.423. The number of nitrogens with zero attached hydrogens (tertiary/aromatic N) is 2. The molecule has 1 atom stereocenters. The molecule has 1 heterocycles. The van der Waals surface area contributed by atoms with Crippen LogP contribution in [0.25, 0.3) is 0 Å². The molecule has 1 saturated heterocycles. The van der Waals surface area contributed by atoms with Gasteiger partial charge in [-0.25, -0.2) is 0 Å². The number of hydrogen-bond donors (Lipinski definition) is 3. The Hall–Kier alpha value is -3.51. The molecule has 0 radical (unpaired) electrons. The number of benzene rings is 3. The van der Waals surface area contributed by atoms with Crippen LogP contribution in [0.5, 0.6) is 0 Å². The summed E-state index contributed by atoms with van der Waals surface area (Å²) in [6.07, 6.45) is 0.837. The molecule has 4 rings (SSSR count).